The lowest BCUT2D eigenvalue weighted by Crippen LogP contribution is -2.02. The molecule has 0 spiro atoms. The highest BCUT2D eigenvalue weighted by atomic mass is 15.3. The Labute approximate surface area is 100 Å². The van der Waals surface area contributed by atoms with Crippen molar-refractivity contribution in [2.24, 2.45) is 0 Å². The maximum atomic E-state index is 8.74. The third-order valence-corrected chi connectivity index (χ3v) is 2.65. The van der Waals surface area contributed by atoms with E-state index in [1.165, 1.54) is 0 Å². The van der Waals surface area contributed by atoms with Gasteiger partial charge in [0.05, 0.1) is 23.9 Å². The van der Waals surface area contributed by atoms with Gasteiger partial charge in [0.1, 0.15) is 0 Å². The first-order valence-corrected chi connectivity index (χ1v) is 5.41. The summed E-state index contributed by atoms with van der Waals surface area (Å²) in [7, 11) is 0. The Balaban J connectivity index is 2.50. The molecule has 0 atom stereocenters. The minimum atomic E-state index is 0.318. The van der Waals surface area contributed by atoms with E-state index in [1.54, 1.807) is 0 Å². The Morgan fingerprint density at radius 3 is 2.71 bits per heavy atom. The molecule has 0 amide bonds. The second kappa shape index (κ2) is 4.30. The van der Waals surface area contributed by atoms with Crippen molar-refractivity contribution >= 4 is 5.69 Å². The summed E-state index contributed by atoms with van der Waals surface area (Å²) in [6, 6.07) is 9.77. The molecule has 1 aromatic heterocycles. The quantitative estimate of drug-likeness (QED) is 0.798. The zero-order valence-electron chi connectivity index (χ0n) is 9.94. The summed E-state index contributed by atoms with van der Waals surface area (Å²) in [5.74, 6) is 0. The summed E-state index contributed by atoms with van der Waals surface area (Å²) >= 11 is 0. The second-order valence-corrected chi connectivity index (χ2v) is 4.06. The van der Waals surface area contributed by atoms with Crippen molar-refractivity contribution < 1.29 is 0 Å². The van der Waals surface area contributed by atoms with Gasteiger partial charge in [-0.3, -0.25) is 0 Å². The van der Waals surface area contributed by atoms with Crippen molar-refractivity contribution in [3.63, 3.8) is 0 Å². The van der Waals surface area contributed by atoms with Gasteiger partial charge < -0.3 is 5.73 Å². The molecule has 0 aliphatic carbocycles. The molecule has 2 aromatic rings. The molecule has 86 valence electrons. The zero-order chi connectivity index (χ0) is 12.4. The minimum absolute atomic E-state index is 0.318. The van der Waals surface area contributed by atoms with Crippen LogP contribution in [0.1, 0.15) is 17.0 Å². The molecular formula is C13H14N4. The maximum absolute atomic E-state index is 8.74. The molecule has 2 rings (SSSR count). The molecule has 0 radical (unpaired) electrons. The monoisotopic (exact) mass is 226 g/mol. The molecule has 0 bridgehead atoms. The average Bonchev–Trinajstić information content (AvgIpc) is 2.61. The first-order chi connectivity index (χ1) is 8.11. The fourth-order valence-electron chi connectivity index (χ4n) is 1.85. The Kier molecular flexibility index (Phi) is 2.84. The number of nitrogen functional groups attached to an aromatic ring is 1. The SMILES string of the molecule is Cc1cc(C)n(-c2ccc(N)c(CC#N)c2)n1. The van der Waals surface area contributed by atoms with E-state index >= 15 is 0 Å². The summed E-state index contributed by atoms with van der Waals surface area (Å²) < 4.78 is 1.86. The molecule has 1 aromatic carbocycles. The van der Waals surface area contributed by atoms with Crippen molar-refractivity contribution in [1.82, 2.24) is 9.78 Å². The Morgan fingerprint density at radius 2 is 2.12 bits per heavy atom. The highest BCUT2D eigenvalue weighted by molar-refractivity contribution is 5.53. The minimum Gasteiger partial charge on any atom is -0.398 e. The molecule has 17 heavy (non-hydrogen) atoms. The standard InChI is InChI=1S/C13H14N4/c1-9-7-10(2)17(16-9)12-3-4-13(15)11(8-12)5-6-14/h3-4,7-8H,5,15H2,1-2H3. The van der Waals surface area contributed by atoms with Gasteiger partial charge in [0.15, 0.2) is 0 Å². The van der Waals surface area contributed by atoms with Crippen LogP contribution in [0.5, 0.6) is 0 Å². The largest absolute Gasteiger partial charge is 0.398 e. The summed E-state index contributed by atoms with van der Waals surface area (Å²) in [6.07, 6.45) is 0.318. The zero-order valence-corrected chi connectivity index (χ0v) is 9.94. The van der Waals surface area contributed by atoms with Gasteiger partial charge in [-0.2, -0.15) is 10.4 Å². The third kappa shape index (κ3) is 2.13. The van der Waals surface area contributed by atoms with E-state index in [9.17, 15) is 0 Å². The summed E-state index contributed by atoms with van der Waals surface area (Å²) in [5, 5.41) is 13.1. The Bertz CT molecular complexity index is 590. The van der Waals surface area contributed by atoms with Gasteiger partial charge in [0.25, 0.3) is 0 Å². The molecule has 0 aliphatic heterocycles. The first kappa shape index (κ1) is 11.2. The predicted octanol–water partition coefficient (Wildman–Crippen LogP) is 2.14. The van der Waals surface area contributed by atoms with Crippen LogP contribution >= 0.6 is 0 Å². The van der Waals surface area contributed by atoms with Crippen molar-refractivity contribution in [2.75, 3.05) is 5.73 Å². The van der Waals surface area contributed by atoms with E-state index in [0.717, 1.165) is 22.6 Å². The van der Waals surface area contributed by atoms with Crippen LogP contribution in [0.2, 0.25) is 0 Å². The van der Waals surface area contributed by atoms with Crippen LogP contribution < -0.4 is 5.73 Å². The fraction of sp³-hybridized carbons (Fsp3) is 0.231. The third-order valence-electron chi connectivity index (χ3n) is 2.65. The molecule has 0 fully saturated rings. The molecule has 2 N–H and O–H groups in total. The van der Waals surface area contributed by atoms with Crippen LogP contribution in [0.4, 0.5) is 5.69 Å². The van der Waals surface area contributed by atoms with Crippen molar-refractivity contribution in [3.8, 4) is 11.8 Å². The van der Waals surface area contributed by atoms with Gasteiger partial charge in [0, 0.05) is 11.4 Å². The summed E-state index contributed by atoms with van der Waals surface area (Å²) in [5.41, 5.74) is 10.3. The molecule has 1 heterocycles. The second-order valence-electron chi connectivity index (χ2n) is 4.06. The van der Waals surface area contributed by atoms with Crippen LogP contribution in [0, 0.1) is 25.2 Å². The van der Waals surface area contributed by atoms with Crippen molar-refractivity contribution in [2.45, 2.75) is 20.3 Å². The lowest BCUT2D eigenvalue weighted by molar-refractivity contribution is 0.832. The average molecular weight is 226 g/mol. The molecule has 4 nitrogen and oxygen atoms in total. The topological polar surface area (TPSA) is 67.6 Å². The lowest BCUT2D eigenvalue weighted by Gasteiger charge is -2.08. The lowest BCUT2D eigenvalue weighted by atomic mass is 10.1. The first-order valence-electron chi connectivity index (χ1n) is 5.41. The summed E-state index contributed by atoms with van der Waals surface area (Å²) in [6.45, 7) is 3.96. The number of hydrogen-bond donors (Lipinski definition) is 1. The normalized spacial score (nSPS) is 10.2. The van der Waals surface area contributed by atoms with E-state index in [0.29, 0.717) is 12.1 Å². The Morgan fingerprint density at radius 1 is 1.35 bits per heavy atom. The van der Waals surface area contributed by atoms with E-state index in [4.69, 9.17) is 11.0 Å². The van der Waals surface area contributed by atoms with E-state index in [-0.39, 0.29) is 0 Å². The van der Waals surface area contributed by atoms with Crippen LogP contribution in [0.3, 0.4) is 0 Å². The van der Waals surface area contributed by atoms with Crippen molar-refractivity contribution in [3.05, 3.63) is 41.2 Å². The van der Waals surface area contributed by atoms with Crippen LogP contribution in [-0.4, -0.2) is 9.78 Å². The van der Waals surface area contributed by atoms with E-state index < -0.39 is 0 Å². The molecule has 0 saturated heterocycles. The van der Waals surface area contributed by atoms with E-state index in [1.807, 2.05) is 42.8 Å². The van der Waals surface area contributed by atoms with Crippen LogP contribution in [0.25, 0.3) is 5.69 Å². The van der Waals surface area contributed by atoms with Gasteiger partial charge in [-0.25, -0.2) is 4.68 Å². The summed E-state index contributed by atoms with van der Waals surface area (Å²) in [4.78, 5) is 0. The van der Waals surface area contributed by atoms with Crippen LogP contribution in [0.15, 0.2) is 24.3 Å². The number of aryl methyl sites for hydroxylation is 2. The molecule has 0 unspecified atom stereocenters. The molecular weight excluding hydrogens is 212 g/mol. The number of benzene rings is 1. The van der Waals surface area contributed by atoms with Gasteiger partial charge in [-0.15, -0.1) is 0 Å². The molecule has 0 aliphatic rings. The maximum Gasteiger partial charge on any atom is 0.0670 e. The molecule has 4 heteroatoms. The number of anilines is 1. The fourth-order valence-corrected chi connectivity index (χ4v) is 1.85. The van der Waals surface area contributed by atoms with Gasteiger partial charge >= 0.3 is 0 Å². The highest BCUT2D eigenvalue weighted by Crippen LogP contribution is 2.19. The Hall–Kier alpha value is -2.28. The number of aromatic nitrogens is 2. The number of nitriles is 1. The van der Waals surface area contributed by atoms with E-state index in [2.05, 4.69) is 11.2 Å². The number of nitrogens with zero attached hydrogens (tertiary/aromatic N) is 3. The highest BCUT2D eigenvalue weighted by Gasteiger charge is 2.06. The van der Waals surface area contributed by atoms with Gasteiger partial charge in [-0.1, -0.05) is 0 Å². The number of nitrogens with two attached hydrogens (primary N) is 1. The van der Waals surface area contributed by atoms with Crippen LogP contribution in [-0.2, 0) is 6.42 Å². The smallest absolute Gasteiger partial charge is 0.0670 e. The molecule has 0 saturated carbocycles. The van der Waals surface area contributed by atoms with Crippen molar-refractivity contribution in [1.29, 1.82) is 5.26 Å². The van der Waals surface area contributed by atoms with Gasteiger partial charge in [-0.05, 0) is 43.7 Å². The number of rotatable bonds is 2. The predicted molar refractivity (Wildman–Crippen MR) is 66.8 cm³/mol. The number of hydrogen-bond acceptors (Lipinski definition) is 3. The van der Waals surface area contributed by atoms with Gasteiger partial charge in [0.2, 0.25) is 0 Å².